The van der Waals surface area contributed by atoms with E-state index in [0.29, 0.717) is 13.1 Å². The van der Waals surface area contributed by atoms with Crippen molar-refractivity contribution in [2.24, 2.45) is 5.73 Å². The zero-order valence-corrected chi connectivity index (χ0v) is 6.85. The Morgan fingerprint density at radius 3 is 2.20 bits per heavy atom. The van der Waals surface area contributed by atoms with E-state index < -0.39 is 0 Å². The molecule has 0 spiro atoms. The zero-order valence-electron chi connectivity index (χ0n) is 6.85. The van der Waals surface area contributed by atoms with Gasteiger partial charge < -0.3 is 10.6 Å². The van der Waals surface area contributed by atoms with E-state index in [1.165, 1.54) is 4.90 Å². The van der Waals surface area contributed by atoms with Crippen LogP contribution in [0, 0.1) is 0 Å². The Morgan fingerprint density at radius 1 is 1.60 bits per heavy atom. The van der Waals surface area contributed by atoms with Gasteiger partial charge in [0.2, 0.25) is 0 Å². The quantitative estimate of drug-likeness (QED) is 0.568. The fourth-order valence-corrected chi connectivity index (χ4v) is 0.701. The van der Waals surface area contributed by atoms with Gasteiger partial charge in [-0.2, -0.15) is 0 Å². The van der Waals surface area contributed by atoms with Crippen molar-refractivity contribution >= 4 is 6.41 Å². The van der Waals surface area contributed by atoms with Crippen LogP contribution >= 0.6 is 0 Å². The van der Waals surface area contributed by atoms with Crippen LogP contribution in [0.5, 0.6) is 0 Å². The van der Waals surface area contributed by atoms with Gasteiger partial charge in [-0.25, -0.2) is 0 Å². The van der Waals surface area contributed by atoms with Crippen LogP contribution in [0.25, 0.3) is 0 Å². The van der Waals surface area contributed by atoms with Crippen molar-refractivity contribution in [3.63, 3.8) is 0 Å². The van der Waals surface area contributed by atoms with Gasteiger partial charge in [0.15, 0.2) is 0 Å². The highest BCUT2D eigenvalue weighted by Crippen LogP contribution is 1.98. The first-order chi connectivity index (χ1) is 4.49. The summed E-state index contributed by atoms with van der Waals surface area (Å²) in [5.41, 5.74) is 5.35. The normalized spacial score (nSPS) is 11.2. The van der Waals surface area contributed by atoms with Crippen molar-refractivity contribution < 1.29 is 4.79 Å². The van der Waals surface area contributed by atoms with Gasteiger partial charge in [0.05, 0.1) is 0 Å². The van der Waals surface area contributed by atoms with E-state index in [4.69, 9.17) is 5.73 Å². The molecule has 59 valence electrons. The van der Waals surface area contributed by atoms with Gasteiger partial charge in [-0.1, -0.05) is 0 Å². The van der Waals surface area contributed by atoms with Crippen LogP contribution in [-0.2, 0) is 4.79 Å². The van der Waals surface area contributed by atoms with Crippen LogP contribution in [0.15, 0.2) is 0 Å². The Hall–Kier alpha value is -0.570. The largest absolute Gasteiger partial charge is 0.333 e. The number of nitrogens with zero attached hydrogens (tertiary/aromatic N) is 1. The molecule has 0 saturated carbocycles. The van der Waals surface area contributed by atoms with E-state index in [1.54, 1.807) is 0 Å². The summed E-state index contributed by atoms with van der Waals surface area (Å²) >= 11 is 0. The first kappa shape index (κ1) is 9.43. The summed E-state index contributed by atoms with van der Waals surface area (Å²) in [4.78, 5) is 11.7. The number of rotatable bonds is 4. The SMILES string of the molecule is CCN([C]=O)CC(C)(C)N. The minimum atomic E-state index is -0.312. The highest BCUT2D eigenvalue weighted by molar-refractivity contribution is 5.48. The molecule has 3 heteroatoms. The lowest BCUT2D eigenvalue weighted by Crippen LogP contribution is -2.44. The molecule has 0 rings (SSSR count). The number of hydrogen-bond donors (Lipinski definition) is 1. The average molecular weight is 143 g/mol. The van der Waals surface area contributed by atoms with E-state index in [2.05, 4.69) is 0 Å². The van der Waals surface area contributed by atoms with Crippen LogP contribution in [0.1, 0.15) is 20.8 Å². The Kier molecular flexibility index (Phi) is 3.36. The number of amides is 1. The number of likely N-dealkylation sites (N-methyl/N-ethyl adjacent to an activating group) is 1. The Balaban J connectivity index is 3.74. The van der Waals surface area contributed by atoms with E-state index in [1.807, 2.05) is 27.2 Å². The minimum absolute atomic E-state index is 0.312. The van der Waals surface area contributed by atoms with Crippen molar-refractivity contribution in [1.82, 2.24) is 4.90 Å². The second kappa shape index (κ2) is 3.56. The molecule has 0 aromatic heterocycles. The van der Waals surface area contributed by atoms with Crippen LogP contribution in [0.4, 0.5) is 0 Å². The van der Waals surface area contributed by atoms with E-state index in [9.17, 15) is 4.79 Å². The molecule has 1 amide bonds. The van der Waals surface area contributed by atoms with Gasteiger partial charge in [-0.3, -0.25) is 4.79 Å². The fraction of sp³-hybridized carbons (Fsp3) is 0.857. The third kappa shape index (κ3) is 4.32. The molecule has 0 aliphatic carbocycles. The van der Waals surface area contributed by atoms with E-state index >= 15 is 0 Å². The molecule has 0 aliphatic rings. The third-order valence-corrected chi connectivity index (χ3v) is 1.11. The number of hydrogen-bond acceptors (Lipinski definition) is 2. The monoisotopic (exact) mass is 143 g/mol. The van der Waals surface area contributed by atoms with Gasteiger partial charge in [-0.15, -0.1) is 0 Å². The van der Waals surface area contributed by atoms with Gasteiger partial charge in [-0.05, 0) is 20.8 Å². The zero-order chi connectivity index (χ0) is 8.20. The second-order valence-corrected chi connectivity index (χ2v) is 3.09. The van der Waals surface area contributed by atoms with Crippen LogP contribution in [0.3, 0.4) is 0 Å². The number of carbonyl (C=O) groups excluding carboxylic acids is 1. The minimum Gasteiger partial charge on any atom is -0.333 e. The maximum absolute atomic E-state index is 10.2. The highest BCUT2D eigenvalue weighted by atomic mass is 16.1. The summed E-state index contributed by atoms with van der Waals surface area (Å²) in [6, 6.07) is 0. The van der Waals surface area contributed by atoms with Crippen molar-refractivity contribution in [2.45, 2.75) is 26.3 Å². The van der Waals surface area contributed by atoms with Crippen molar-refractivity contribution in [3.8, 4) is 0 Å². The van der Waals surface area contributed by atoms with Crippen LogP contribution in [0.2, 0.25) is 0 Å². The standard InChI is InChI=1S/C7H15N2O/c1-4-9(6-10)5-7(2,3)8/h4-5,8H2,1-3H3. The Morgan fingerprint density at radius 2 is 2.10 bits per heavy atom. The predicted octanol–water partition coefficient (Wildman–Crippen LogP) is 0.113. The van der Waals surface area contributed by atoms with Crippen LogP contribution < -0.4 is 5.73 Å². The maximum atomic E-state index is 10.2. The molecule has 0 heterocycles. The molecule has 0 fully saturated rings. The summed E-state index contributed by atoms with van der Waals surface area (Å²) in [6.45, 7) is 6.90. The topological polar surface area (TPSA) is 46.3 Å². The molecular weight excluding hydrogens is 128 g/mol. The summed E-state index contributed by atoms with van der Waals surface area (Å²) < 4.78 is 0. The molecule has 0 saturated heterocycles. The summed E-state index contributed by atoms with van der Waals surface area (Å²) in [5, 5.41) is 0. The lowest BCUT2D eigenvalue weighted by atomic mass is 10.1. The second-order valence-electron chi connectivity index (χ2n) is 3.09. The van der Waals surface area contributed by atoms with Gasteiger partial charge in [0.25, 0.3) is 0 Å². The van der Waals surface area contributed by atoms with Gasteiger partial charge in [0, 0.05) is 18.6 Å². The fourth-order valence-electron chi connectivity index (χ4n) is 0.701. The van der Waals surface area contributed by atoms with Crippen LogP contribution in [-0.4, -0.2) is 29.9 Å². The number of nitrogens with two attached hydrogens (primary N) is 1. The maximum Gasteiger partial charge on any atom is 0.312 e. The Bertz CT molecular complexity index is 107. The smallest absolute Gasteiger partial charge is 0.312 e. The summed E-state index contributed by atoms with van der Waals surface area (Å²) in [6.07, 6.45) is 1.81. The first-order valence-electron chi connectivity index (χ1n) is 3.41. The van der Waals surface area contributed by atoms with Crippen molar-refractivity contribution in [3.05, 3.63) is 0 Å². The third-order valence-electron chi connectivity index (χ3n) is 1.11. The lowest BCUT2D eigenvalue weighted by molar-refractivity contribution is 0.322. The molecule has 0 aromatic carbocycles. The molecule has 0 unspecified atom stereocenters. The first-order valence-corrected chi connectivity index (χ1v) is 3.41. The van der Waals surface area contributed by atoms with Gasteiger partial charge >= 0.3 is 6.41 Å². The average Bonchev–Trinajstić information content (AvgIpc) is 1.81. The van der Waals surface area contributed by atoms with Crippen molar-refractivity contribution in [1.29, 1.82) is 0 Å². The predicted molar refractivity (Wildman–Crippen MR) is 41.2 cm³/mol. The summed E-state index contributed by atoms with van der Waals surface area (Å²) in [5.74, 6) is 0. The molecule has 0 aromatic rings. The molecule has 0 aliphatic heterocycles. The van der Waals surface area contributed by atoms with E-state index in [0.717, 1.165) is 0 Å². The molecule has 0 atom stereocenters. The van der Waals surface area contributed by atoms with Crippen molar-refractivity contribution in [2.75, 3.05) is 13.1 Å². The molecular formula is C7H15N2O. The molecule has 0 bridgehead atoms. The molecule has 10 heavy (non-hydrogen) atoms. The molecule has 2 N–H and O–H groups in total. The summed E-state index contributed by atoms with van der Waals surface area (Å²) in [7, 11) is 0. The van der Waals surface area contributed by atoms with E-state index in [-0.39, 0.29) is 5.54 Å². The lowest BCUT2D eigenvalue weighted by Gasteiger charge is -2.24. The molecule has 1 radical (unpaired) electrons. The Labute approximate surface area is 62.2 Å². The van der Waals surface area contributed by atoms with Gasteiger partial charge in [0.1, 0.15) is 0 Å². The highest BCUT2D eigenvalue weighted by Gasteiger charge is 2.14. The molecule has 3 nitrogen and oxygen atoms in total.